The van der Waals surface area contributed by atoms with Gasteiger partial charge >= 0.3 is 12.3 Å². The van der Waals surface area contributed by atoms with Crippen LogP contribution in [0, 0.1) is 5.92 Å². The predicted octanol–water partition coefficient (Wildman–Crippen LogP) is 2.43. The largest absolute Gasteiger partial charge is 0.465 e. The summed E-state index contributed by atoms with van der Waals surface area (Å²) in [5.41, 5.74) is -0.952. The minimum atomic E-state index is -4.55. The van der Waals surface area contributed by atoms with Gasteiger partial charge in [0.2, 0.25) is 5.91 Å². The summed E-state index contributed by atoms with van der Waals surface area (Å²) in [5.74, 6) is -0.403. The summed E-state index contributed by atoms with van der Waals surface area (Å²) in [6.07, 6.45) is -5.85. The van der Waals surface area contributed by atoms with Crippen molar-refractivity contribution in [3.05, 3.63) is 35.7 Å². The zero-order valence-electron chi connectivity index (χ0n) is 15.1. The quantitative estimate of drug-likeness (QED) is 0.656. The SMILES string of the molecule is CC(C)C[C@@H](C(=O)NCc1nnn[nH]1)N(C(=O)O)c1ccc(C(F)(F)F)cc1. The van der Waals surface area contributed by atoms with Crippen molar-refractivity contribution in [1.29, 1.82) is 0 Å². The van der Waals surface area contributed by atoms with E-state index in [0.717, 1.165) is 29.2 Å². The van der Waals surface area contributed by atoms with E-state index < -0.39 is 29.8 Å². The first kappa shape index (κ1) is 21.1. The van der Waals surface area contributed by atoms with Crippen molar-refractivity contribution >= 4 is 17.7 Å². The van der Waals surface area contributed by atoms with E-state index >= 15 is 0 Å². The van der Waals surface area contributed by atoms with Crippen LogP contribution < -0.4 is 10.2 Å². The summed E-state index contributed by atoms with van der Waals surface area (Å²) in [6, 6.07) is 2.45. The Labute approximate surface area is 157 Å². The molecule has 9 nitrogen and oxygen atoms in total. The zero-order valence-corrected chi connectivity index (χ0v) is 15.1. The Balaban J connectivity index is 2.28. The molecule has 0 fully saturated rings. The fourth-order valence-corrected chi connectivity index (χ4v) is 2.55. The number of aromatic nitrogens is 4. The van der Waals surface area contributed by atoms with E-state index in [2.05, 4.69) is 25.9 Å². The number of halogens is 3. The van der Waals surface area contributed by atoms with Crippen molar-refractivity contribution in [1.82, 2.24) is 25.9 Å². The van der Waals surface area contributed by atoms with Gasteiger partial charge in [0.25, 0.3) is 0 Å². The van der Waals surface area contributed by atoms with Gasteiger partial charge in [0, 0.05) is 5.69 Å². The second kappa shape index (κ2) is 8.67. The monoisotopic (exact) mass is 400 g/mol. The summed E-state index contributed by atoms with van der Waals surface area (Å²) in [4.78, 5) is 25.2. The van der Waals surface area contributed by atoms with Crippen LogP contribution in [0.5, 0.6) is 0 Å². The van der Waals surface area contributed by atoms with Crippen LogP contribution in [0.25, 0.3) is 0 Å². The second-order valence-corrected chi connectivity index (χ2v) is 6.41. The van der Waals surface area contributed by atoms with Crippen molar-refractivity contribution in [2.24, 2.45) is 5.92 Å². The molecule has 1 heterocycles. The van der Waals surface area contributed by atoms with Crippen LogP contribution in [0.4, 0.5) is 23.7 Å². The van der Waals surface area contributed by atoms with Gasteiger partial charge in [-0.15, -0.1) is 5.10 Å². The number of nitrogens with one attached hydrogen (secondary N) is 2. The standard InChI is InChI=1S/C16H19F3N6O3/c1-9(2)7-12(14(26)20-8-13-21-23-24-22-13)25(15(27)28)11-5-3-10(4-6-11)16(17,18)19/h3-6,9,12H,7-8H2,1-2H3,(H,20,26)(H,27,28)(H,21,22,23,24)/t12-/m0/s1. The number of H-pyrrole nitrogens is 1. The first-order valence-electron chi connectivity index (χ1n) is 8.29. The molecule has 0 saturated carbocycles. The molecular weight excluding hydrogens is 381 g/mol. The minimum absolute atomic E-state index is 0.0392. The average molecular weight is 400 g/mol. The lowest BCUT2D eigenvalue weighted by atomic mass is 10.0. The zero-order chi connectivity index (χ0) is 20.9. The van der Waals surface area contributed by atoms with Crippen molar-refractivity contribution in [3.63, 3.8) is 0 Å². The minimum Gasteiger partial charge on any atom is -0.465 e. The number of carbonyl (C=O) groups is 2. The molecule has 2 rings (SSSR count). The Bertz CT molecular complexity index is 793. The third-order valence-corrected chi connectivity index (χ3v) is 3.81. The van der Waals surface area contributed by atoms with E-state index in [-0.39, 0.29) is 30.4 Å². The number of aromatic amines is 1. The number of hydrogen-bond acceptors (Lipinski definition) is 5. The van der Waals surface area contributed by atoms with E-state index in [4.69, 9.17) is 0 Å². The van der Waals surface area contributed by atoms with Gasteiger partial charge in [-0.1, -0.05) is 13.8 Å². The van der Waals surface area contributed by atoms with Gasteiger partial charge in [0.15, 0.2) is 5.82 Å². The first-order chi connectivity index (χ1) is 13.1. The normalized spacial score (nSPS) is 12.6. The Morgan fingerprint density at radius 2 is 1.89 bits per heavy atom. The molecule has 2 amide bonds. The number of hydrogen-bond donors (Lipinski definition) is 3. The van der Waals surface area contributed by atoms with Gasteiger partial charge in [-0.05, 0) is 47.0 Å². The van der Waals surface area contributed by atoms with Gasteiger partial charge in [0.1, 0.15) is 6.04 Å². The van der Waals surface area contributed by atoms with Gasteiger partial charge in [0.05, 0.1) is 12.1 Å². The van der Waals surface area contributed by atoms with Gasteiger partial charge in [-0.3, -0.25) is 9.69 Å². The van der Waals surface area contributed by atoms with Crippen LogP contribution >= 0.6 is 0 Å². The molecule has 0 radical (unpaired) electrons. The second-order valence-electron chi connectivity index (χ2n) is 6.41. The Kier molecular flexibility index (Phi) is 6.54. The van der Waals surface area contributed by atoms with E-state index in [0.29, 0.717) is 0 Å². The molecule has 2 aromatic rings. The van der Waals surface area contributed by atoms with Crippen LogP contribution in [-0.4, -0.2) is 43.8 Å². The number of nitrogens with zero attached hydrogens (tertiary/aromatic N) is 4. The van der Waals surface area contributed by atoms with E-state index in [1.807, 2.05) is 0 Å². The molecule has 0 bridgehead atoms. The number of alkyl halides is 3. The molecule has 12 heteroatoms. The smallest absolute Gasteiger partial charge is 0.416 e. The molecule has 0 aliphatic rings. The fourth-order valence-electron chi connectivity index (χ4n) is 2.55. The third kappa shape index (κ3) is 5.41. The number of benzene rings is 1. The average Bonchev–Trinajstić information content (AvgIpc) is 3.11. The summed E-state index contributed by atoms with van der Waals surface area (Å²) < 4.78 is 38.3. The molecule has 0 aliphatic heterocycles. The van der Waals surface area contributed by atoms with Gasteiger partial charge in [-0.25, -0.2) is 9.89 Å². The number of amides is 2. The van der Waals surface area contributed by atoms with Gasteiger partial charge < -0.3 is 10.4 Å². The molecule has 0 spiro atoms. The summed E-state index contributed by atoms with van der Waals surface area (Å²) in [6.45, 7) is 3.54. The number of tetrazole rings is 1. The van der Waals surface area contributed by atoms with Crippen LogP contribution in [0.3, 0.4) is 0 Å². The van der Waals surface area contributed by atoms with Crippen molar-refractivity contribution in [3.8, 4) is 0 Å². The fraction of sp³-hybridized carbons (Fsp3) is 0.438. The highest BCUT2D eigenvalue weighted by molar-refractivity contribution is 5.96. The number of anilines is 1. The molecular formula is C16H19F3N6O3. The summed E-state index contributed by atoms with van der Waals surface area (Å²) in [7, 11) is 0. The molecule has 152 valence electrons. The summed E-state index contributed by atoms with van der Waals surface area (Å²) >= 11 is 0. The highest BCUT2D eigenvalue weighted by atomic mass is 19.4. The maximum atomic E-state index is 12.8. The maximum Gasteiger partial charge on any atom is 0.416 e. The van der Waals surface area contributed by atoms with Crippen LogP contribution in [0.1, 0.15) is 31.7 Å². The molecule has 28 heavy (non-hydrogen) atoms. The molecule has 1 atom stereocenters. The Morgan fingerprint density at radius 3 is 2.36 bits per heavy atom. The molecule has 1 aromatic carbocycles. The molecule has 1 aromatic heterocycles. The Hall–Kier alpha value is -3.18. The Morgan fingerprint density at radius 1 is 1.25 bits per heavy atom. The molecule has 3 N–H and O–H groups in total. The topological polar surface area (TPSA) is 124 Å². The molecule has 0 aliphatic carbocycles. The van der Waals surface area contributed by atoms with Crippen LogP contribution in [-0.2, 0) is 17.5 Å². The van der Waals surface area contributed by atoms with Crippen molar-refractivity contribution in [2.45, 2.75) is 39.0 Å². The lowest BCUT2D eigenvalue weighted by Gasteiger charge is -2.29. The van der Waals surface area contributed by atoms with Crippen molar-refractivity contribution in [2.75, 3.05) is 4.90 Å². The van der Waals surface area contributed by atoms with Crippen molar-refractivity contribution < 1.29 is 27.9 Å². The third-order valence-electron chi connectivity index (χ3n) is 3.81. The highest BCUT2D eigenvalue weighted by Gasteiger charge is 2.34. The van der Waals surface area contributed by atoms with Gasteiger partial charge in [-0.2, -0.15) is 13.2 Å². The summed E-state index contributed by atoms with van der Waals surface area (Å²) in [5, 5.41) is 25.0. The van der Waals surface area contributed by atoms with E-state index in [9.17, 15) is 27.9 Å². The maximum absolute atomic E-state index is 12.8. The van der Waals surface area contributed by atoms with Crippen LogP contribution in [0.2, 0.25) is 0 Å². The van der Waals surface area contributed by atoms with E-state index in [1.54, 1.807) is 13.8 Å². The van der Waals surface area contributed by atoms with Crippen LogP contribution in [0.15, 0.2) is 24.3 Å². The predicted molar refractivity (Wildman–Crippen MR) is 91.2 cm³/mol. The first-order valence-corrected chi connectivity index (χ1v) is 8.29. The number of rotatable bonds is 7. The number of carbonyl (C=O) groups excluding carboxylic acids is 1. The number of carboxylic acid groups (broad SMARTS) is 1. The van der Waals surface area contributed by atoms with E-state index in [1.165, 1.54) is 0 Å². The molecule has 0 unspecified atom stereocenters. The lowest BCUT2D eigenvalue weighted by molar-refractivity contribution is -0.137. The highest BCUT2D eigenvalue weighted by Crippen LogP contribution is 2.31. The lowest BCUT2D eigenvalue weighted by Crippen LogP contribution is -2.50. The molecule has 0 saturated heterocycles.